The molecule has 2 nitrogen and oxygen atoms in total. The van der Waals surface area contributed by atoms with Crippen molar-refractivity contribution in [3.05, 3.63) is 21.4 Å². The molecule has 0 aliphatic heterocycles. The van der Waals surface area contributed by atoms with Crippen LogP contribution in [0.25, 0.3) is 0 Å². The fraction of sp³-hybridized carbons (Fsp3) is 0.545. The second kappa shape index (κ2) is 5.12. The number of amides is 1. The van der Waals surface area contributed by atoms with E-state index in [0.29, 0.717) is 13.0 Å². The number of alkyl halides is 1. The van der Waals surface area contributed by atoms with Gasteiger partial charge in [-0.25, -0.2) is 0 Å². The van der Waals surface area contributed by atoms with Gasteiger partial charge in [-0.3, -0.25) is 4.79 Å². The van der Waals surface area contributed by atoms with E-state index in [2.05, 4.69) is 27.3 Å². The SMILES string of the molecule is O=C(CCBr)NCc1cc2c(s1)CCC2. The van der Waals surface area contributed by atoms with Crippen LogP contribution >= 0.6 is 27.3 Å². The number of fused-ring (bicyclic) bond motifs is 1. The summed E-state index contributed by atoms with van der Waals surface area (Å²) in [7, 11) is 0. The molecule has 0 aromatic carbocycles. The van der Waals surface area contributed by atoms with E-state index in [1.807, 2.05) is 11.3 Å². The molecule has 0 saturated carbocycles. The van der Waals surface area contributed by atoms with E-state index in [-0.39, 0.29) is 5.91 Å². The van der Waals surface area contributed by atoms with E-state index < -0.39 is 0 Å². The minimum atomic E-state index is 0.125. The second-order valence-electron chi connectivity index (χ2n) is 3.73. The Labute approximate surface area is 102 Å². The Morgan fingerprint density at radius 2 is 2.40 bits per heavy atom. The van der Waals surface area contributed by atoms with Gasteiger partial charge in [-0.05, 0) is 30.9 Å². The third kappa shape index (κ3) is 2.82. The lowest BCUT2D eigenvalue weighted by molar-refractivity contribution is -0.120. The van der Waals surface area contributed by atoms with Crippen LogP contribution in [-0.4, -0.2) is 11.2 Å². The summed E-state index contributed by atoms with van der Waals surface area (Å²) < 4.78 is 0. The third-order valence-electron chi connectivity index (χ3n) is 2.58. The van der Waals surface area contributed by atoms with Gasteiger partial charge in [-0.2, -0.15) is 0 Å². The van der Waals surface area contributed by atoms with Crippen LogP contribution in [0.5, 0.6) is 0 Å². The van der Waals surface area contributed by atoms with Crippen LogP contribution in [0.4, 0.5) is 0 Å². The smallest absolute Gasteiger partial charge is 0.221 e. The molecule has 1 heterocycles. The molecule has 0 unspecified atom stereocenters. The van der Waals surface area contributed by atoms with Gasteiger partial charge >= 0.3 is 0 Å². The number of thiophene rings is 1. The summed E-state index contributed by atoms with van der Waals surface area (Å²) in [4.78, 5) is 14.1. The summed E-state index contributed by atoms with van der Waals surface area (Å²) in [5.74, 6) is 0.125. The fourth-order valence-corrected chi connectivity index (χ4v) is 3.40. The first-order valence-corrected chi connectivity index (χ1v) is 7.16. The van der Waals surface area contributed by atoms with Gasteiger partial charge in [0.2, 0.25) is 5.91 Å². The predicted octanol–water partition coefficient (Wildman–Crippen LogP) is 2.64. The third-order valence-corrected chi connectivity index (χ3v) is 4.21. The molecule has 1 aromatic rings. The van der Waals surface area contributed by atoms with Gasteiger partial charge in [0.1, 0.15) is 0 Å². The molecule has 0 bridgehead atoms. The van der Waals surface area contributed by atoms with Crippen molar-refractivity contribution in [2.45, 2.75) is 32.2 Å². The van der Waals surface area contributed by atoms with Gasteiger partial charge in [0.25, 0.3) is 0 Å². The maximum absolute atomic E-state index is 11.3. The summed E-state index contributed by atoms with van der Waals surface area (Å²) in [6.45, 7) is 0.698. The van der Waals surface area contributed by atoms with Crippen LogP contribution in [-0.2, 0) is 24.2 Å². The van der Waals surface area contributed by atoms with Crippen molar-refractivity contribution in [1.29, 1.82) is 0 Å². The summed E-state index contributed by atoms with van der Waals surface area (Å²) in [6.07, 6.45) is 4.32. The van der Waals surface area contributed by atoms with Crippen molar-refractivity contribution in [3.63, 3.8) is 0 Å². The summed E-state index contributed by atoms with van der Waals surface area (Å²) >= 11 is 5.11. The van der Waals surface area contributed by atoms with Crippen LogP contribution < -0.4 is 5.32 Å². The minimum absolute atomic E-state index is 0.125. The zero-order valence-corrected chi connectivity index (χ0v) is 10.9. The Morgan fingerprint density at radius 1 is 1.53 bits per heavy atom. The number of carbonyl (C=O) groups excluding carboxylic acids is 1. The Morgan fingerprint density at radius 3 is 3.13 bits per heavy atom. The Balaban J connectivity index is 1.86. The number of aryl methyl sites for hydroxylation is 2. The first-order chi connectivity index (χ1) is 7.29. The molecule has 0 radical (unpaired) electrons. The van der Waals surface area contributed by atoms with Crippen LogP contribution in [0.3, 0.4) is 0 Å². The van der Waals surface area contributed by atoms with E-state index in [9.17, 15) is 4.79 Å². The summed E-state index contributed by atoms with van der Waals surface area (Å²) in [5.41, 5.74) is 1.50. The standard InChI is InChI=1S/C11H14BrNOS/c12-5-4-11(14)13-7-9-6-8-2-1-3-10(8)15-9/h6H,1-5,7H2,(H,13,14). The van der Waals surface area contributed by atoms with Gasteiger partial charge in [0.15, 0.2) is 0 Å². The normalized spacial score (nSPS) is 13.9. The molecule has 0 spiro atoms. The fourth-order valence-electron chi connectivity index (χ4n) is 1.84. The highest BCUT2D eigenvalue weighted by Crippen LogP contribution is 2.30. The van der Waals surface area contributed by atoms with Crippen molar-refractivity contribution < 1.29 is 4.79 Å². The number of rotatable bonds is 4. The van der Waals surface area contributed by atoms with Crippen LogP contribution in [0, 0.1) is 0 Å². The van der Waals surface area contributed by atoms with Crippen molar-refractivity contribution in [3.8, 4) is 0 Å². The quantitative estimate of drug-likeness (QED) is 0.848. The molecular formula is C11H14BrNOS. The highest BCUT2D eigenvalue weighted by atomic mass is 79.9. The van der Waals surface area contributed by atoms with Crippen molar-refractivity contribution in [2.75, 3.05) is 5.33 Å². The second-order valence-corrected chi connectivity index (χ2v) is 5.74. The van der Waals surface area contributed by atoms with Gasteiger partial charge < -0.3 is 5.32 Å². The largest absolute Gasteiger partial charge is 0.351 e. The van der Waals surface area contributed by atoms with Crippen LogP contribution in [0.2, 0.25) is 0 Å². The number of carbonyl (C=O) groups is 1. The first kappa shape index (κ1) is 11.1. The maximum atomic E-state index is 11.3. The number of nitrogens with one attached hydrogen (secondary N) is 1. The van der Waals surface area contributed by atoms with Crippen LogP contribution in [0.15, 0.2) is 6.07 Å². The monoisotopic (exact) mass is 287 g/mol. The lowest BCUT2D eigenvalue weighted by Crippen LogP contribution is -2.22. The maximum Gasteiger partial charge on any atom is 0.221 e. The molecule has 1 aromatic heterocycles. The molecule has 1 aliphatic carbocycles. The van der Waals surface area contributed by atoms with E-state index in [0.717, 1.165) is 5.33 Å². The molecule has 1 N–H and O–H groups in total. The Kier molecular flexibility index (Phi) is 3.81. The summed E-state index contributed by atoms with van der Waals surface area (Å²) in [6, 6.07) is 2.25. The molecule has 4 heteroatoms. The van der Waals surface area contributed by atoms with Gasteiger partial charge in [-0.1, -0.05) is 15.9 Å². The number of halogens is 1. The Hall–Kier alpha value is -0.350. The van der Waals surface area contributed by atoms with Gasteiger partial charge in [0.05, 0.1) is 6.54 Å². The van der Waals surface area contributed by atoms with E-state index >= 15 is 0 Å². The number of hydrogen-bond acceptors (Lipinski definition) is 2. The minimum Gasteiger partial charge on any atom is -0.351 e. The van der Waals surface area contributed by atoms with Crippen molar-refractivity contribution >= 4 is 33.2 Å². The number of hydrogen-bond donors (Lipinski definition) is 1. The zero-order chi connectivity index (χ0) is 10.7. The van der Waals surface area contributed by atoms with E-state index in [4.69, 9.17) is 0 Å². The summed E-state index contributed by atoms with van der Waals surface area (Å²) in [5, 5.41) is 3.67. The molecule has 0 fully saturated rings. The van der Waals surface area contributed by atoms with Crippen LogP contribution in [0.1, 0.15) is 28.2 Å². The topological polar surface area (TPSA) is 29.1 Å². The first-order valence-electron chi connectivity index (χ1n) is 5.22. The zero-order valence-electron chi connectivity index (χ0n) is 8.51. The Bertz CT molecular complexity index is 340. The molecule has 0 saturated heterocycles. The van der Waals surface area contributed by atoms with E-state index in [1.165, 1.54) is 34.6 Å². The molecule has 15 heavy (non-hydrogen) atoms. The average molecular weight is 288 g/mol. The lowest BCUT2D eigenvalue weighted by atomic mass is 10.2. The molecule has 82 valence electrons. The molecule has 0 atom stereocenters. The van der Waals surface area contributed by atoms with Crippen molar-refractivity contribution in [2.24, 2.45) is 0 Å². The molecular weight excluding hydrogens is 274 g/mol. The highest BCUT2D eigenvalue weighted by Gasteiger charge is 2.14. The predicted molar refractivity (Wildman–Crippen MR) is 66.6 cm³/mol. The highest BCUT2D eigenvalue weighted by molar-refractivity contribution is 9.09. The lowest BCUT2D eigenvalue weighted by Gasteiger charge is -2.01. The van der Waals surface area contributed by atoms with E-state index in [1.54, 1.807) is 0 Å². The average Bonchev–Trinajstić information content (AvgIpc) is 2.74. The molecule has 1 aliphatic rings. The van der Waals surface area contributed by atoms with Gasteiger partial charge in [0, 0.05) is 21.5 Å². The van der Waals surface area contributed by atoms with Crippen molar-refractivity contribution in [1.82, 2.24) is 5.32 Å². The molecule has 1 amide bonds. The molecule has 2 rings (SSSR count). The van der Waals surface area contributed by atoms with Gasteiger partial charge in [-0.15, -0.1) is 11.3 Å².